The van der Waals surface area contributed by atoms with E-state index in [1.54, 1.807) is 6.07 Å². The van der Waals surface area contributed by atoms with Crippen molar-refractivity contribution in [1.29, 1.82) is 0 Å². The maximum Gasteiger partial charge on any atom is 0.329 e. The summed E-state index contributed by atoms with van der Waals surface area (Å²) in [5.41, 5.74) is 2.33. The van der Waals surface area contributed by atoms with Gasteiger partial charge in [0.1, 0.15) is 6.04 Å². The molecule has 0 spiro atoms. The number of nitrogens with zero attached hydrogens (tertiary/aromatic N) is 2. The van der Waals surface area contributed by atoms with Crippen LogP contribution in [0.4, 0.5) is 0 Å². The van der Waals surface area contributed by atoms with E-state index in [0.29, 0.717) is 18.4 Å². The summed E-state index contributed by atoms with van der Waals surface area (Å²) in [5, 5.41) is 0. The van der Waals surface area contributed by atoms with Crippen LogP contribution >= 0.6 is 0 Å². The first kappa shape index (κ1) is 20.3. The number of carbonyl (C=O) groups excluding carboxylic acids is 4. The highest BCUT2D eigenvalue weighted by atomic mass is 16.5. The lowest BCUT2D eigenvalue weighted by molar-refractivity contribution is -0.157. The van der Waals surface area contributed by atoms with Crippen molar-refractivity contribution in [2.45, 2.75) is 66.0 Å². The number of rotatable bonds is 6. The van der Waals surface area contributed by atoms with Gasteiger partial charge in [-0.2, -0.15) is 0 Å². The lowest BCUT2D eigenvalue weighted by atomic mass is 9.81. The van der Waals surface area contributed by atoms with Gasteiger partial charge in [0, 0.05) is 23.5 Å². The van der Waals surface area contributed by atoms with Gasteiger partial charge in [-0.15, -0.1) is 0 Å². The summed E-state index contributed by atoms with van der Waals surface area (Å²) >= 11 is 0. The lowest BCUT2D eigenvalue weighted by Gasteiger charge is -2.21. The van der Waals surface area contributed by atoms with Crippen molar-refractivity contribution in [3.05, 3.63) is 23.0 Å². The molecule has 1 aliphatic heterocycles. The number of imide groups is 1. The predicted octanol–water partition coefficient (Wildman–Crippen LogP) is 2.41. The van der Waals surface area contributed by atoms with Crippen LogP contribution in [-0.2, 0) is 25.7 Å². The summed E-state index contributed by atoms with van der Waals surface area (Å²) in [6, 6.07) is 0.776. The molecule has 1 saturated heterocycles. The Hall–Kier alpha value is -2.44. The van der Waals surface area contributed by atoms with Crippen LogP contribution in [0.3, 0.4) is 0 Å². The fraction of sp³-hybridized carbons (Fsp3) is 0.619. The first-order chi connectivity index (χ1) is 13.3. The fourth-order valence-corrected chi connectivity index (χ4v) is 4.58. The Morgan fingerprint density at radius 1 is 1.14 bits per heavy atom. The summed E-state index contributed by atoms with van der Waals surface area (Å²) < 4.78 is 7.19. The van der Waals surface area contributed by atoms with Crippen molar-refractivity contribution in [3.63, 3.8) is 0 Å². The lowest BCUT2D eigenvalue weighted by Crippen LogP contribution is -2.44. The van der Waals surface area contributed by atoms with Crippen LogP contribution in [0.1, 0.15) is 61.3 Å². The number of hydrogen-bond acceptors (Lipinski definition) is 5. The summed E-state index contributed by atoms with van der Waals surface area (Å²) in [6.07, 6.45) is 3.24. The van der Waals surface area contributed by atoms with Crippen LogP contribution in [0, 0.1) is 25.7 Å². The van der Waals surface area contributed by atoms with Gasteiger partial charge in [0.2, 0.25) is 17.6 Å². The molecule has 7 nitrogen and oxygen atoms in total. The number of esters is 1. The summed E-state index contributed by atoms with van der Waals surface area (Å²) in [4.78, 5) is 51.2. The Morgan fingerprint density at radius 3 is 2.21 bits per heavy atom. The number of Topliss-reactive ketones (excluding diaryl/α,β-unsaturated/α-hetero) is 1. The zero-order chi connectivity index (χ0) is 20.6. The van der Waals surface area contributed by atoms with E-state index in [4.69, 9.17) is 4.74 Å². The first-order valence-corrected chi connectivity index (χ1v) is 10.0. The van der Waals surface area contributed by atoms with E-state index in [9.17, 15) is 19.2 Å². The van der Waals surface area contributed by atoms with Crippen LogP contribution in [0.5, 0.6) is 0 Å². The molecule has 1 aromatic rings. The van der Waals surface area contributed by atoms with E-state index in [1.165, 1.54) is 6.92 Å². The van der Waals surface area contributed by atoms with Crippen LogP contribution in [0.15, 0.2) is 6.07 Å². The van der Waals surface area contributed by atoms with Gasteiger partial charge in [0.15, 0.2) is 6.61 Å². The molecule has 0 bridgehead atoms. The Labute approximate surface area is 165 Å². The molecular weight excluding hydrogens is 360 g/mol. The number of likely N-dealkylation sites (tertiary alicyclic amines) is 1. The van der Waals surface area contributed by atoms with Gasteiger partial charge in [0.25, 0.3) is 0 Å². The Balaban J connectivity index is 1.64. The second-order valence-corrected chi connectivity index (χ2v) is 7.78. The average molecular weight is 388 g/mol. The van der Waals surface area contributed by atoms with E-state index in [1.807, 2.05) is 25.3 Å². The minimum absolute atomic E-state index is 0.281. The van der Waals surface area contributed by atoms with Crippen LogP contribution in [0.25, 0.3) is 0 Å². The minimum Gasteiger partial charge on any atom is -0.456 e. The quantitative estimate of drug-likeness (QED) is 0.424. The Morgan fingerprint density at radius 2 is 1.71 bits per heavy atom. The smallest absolute Gasteiger partial charge is 0.329 e. The van der Waals surface area contributed by atoms with Crippen molar-refractivity contribution in [3.8, 4) is 0 Å². The second kappa shape index (κ2) is 7.89. The summed E-state index contributed by atoms with van der Waals surface area (Å²) in [7, 11) is 0. The molecule has 152 valence electrons. The van der Waals surface area contributed by atoms with Crippen LogP contribution in [-0.4, -0.2) is 45.7 Å². The van der Waals surface area contributed by atoms with Crippen molar-refractivity contribution in [1.82, 2.24) is 9.47 Å². The molecule has 0 N–H and O–H groups in total. The Bertz CT molecular complexity index is 801. The third-order valence-corrected chi connectivity index (χ3v) is 6.14. The molecule has 2 heterocycles. The van der Waals surface area contributed by atoms with Crippen molar-refractivity contribution in [2.24, 2.45) is 11.8 Å². The zero-order valence-electron chi connectivity index (χ0n) is 17.0. The van der Waals surface area contributed by atoms with E-state index in [0.717, 1.165) is 35.7 Å². The van der Waals surface area contributed by atoms with E-state index >= 15 is 0 Å². The van der Waals surface area contributed by atoms with Crippen molar-refractivity contribution >= 4 is 23.6 Å². The van der Waals surface area contributed by atoms with Crippen molar-refractivity contribution < 1.29 is 23.9 Å². The topological polar surface area (TPSA) is 85.7 Å². The molecule has 1 saturated carbocycles. The number of carbonyl (C=O) groups is 4. The van der Waals surface area contributed by atoms with Gasteiger partial charge in [-0.3, -0.25) is 19.3 Å². The summed E-state index contributed by atoms with van der Waals surface area (Å²) in [5.74, 6) is -2.19. The maximum absolute atomic E-state index is 12.6. The van der Waals surface area contributed by atoms with E-state index < -0.39 is 18.6 Å². The van der Waals surface area contributed by atoms with E-state index in [-0.39, 0.29) is 29.4 Å². The molecule has 1 aliphatic carbocycles. The number of fused-ring (bicyclic) bond motifs is 1. The zero-order valence-corrected chi connectivity index (χ0v) is 17.0. The highest BCUT2D eigenvalue weighted by Crippen LogP contribution is 2.38. The van der Waals surface area contributed by atoms with Gasteiger partial charge >= 0.3 is 5.97 Å². The third-order valence-electron chi connectivity index (χ3n) is 6.14. The van der Waals surface area contributed by atoms with Crippen molar-refractivity contribution in [2.75, 3.05) is 6.61 Å². The van der Waals surface area contributed by atoms with Crippen LogP contribution < -0.4 is 0 Å². The molecular formula is C21H28N2O5. The average Bonchev–Trinajstić information content (AvgIpc) is 3.12. The monoisotopic (exact) mass is 388 g/mol. The van der Waals surface area contributed by atoms with Gasteiger partial charge in [-0.25, -0.2) is 4.79 Å². The van der Waals surface area contributed by atoms with E-state index in [2.05, 4.69) is 0 Å². The molecule has 1 aromatic heterocycles. The predicted molar refractivity (Wildman–Crippen MR) is 102 cm³/mol. The highest BCUT2D eigenvalue weighted by Gasteiger charge is 2.51. The minimum atomic E-state index is -1.01. The Kier molecular flexibility index (Phi) is 5.72. The first-order valence-electron chi connectivity index (χ1n) is 10.0. The number of aromatic nitrogens is 1. The fourth-order valence-electron chi connectivity index (χ4n) is 4.58. The summed E-state index contributed by atoms with van der Waals surface area (Å²) in [6.45, 7) is 7.62. The normalized spacial score (nSPS) is 22.9. The third kappa shape index (κ3) is 3.38. The van der Waals surface area contributed by atoms with Crippen LogP contribution in [0.2, 0.25) is 0 Å². The molecule has 3 rings (SSSR count). The molecule has 2 aliphatic rings. The highest BCUT2D eigenvalue weighted by molar-refractivity contribution is 6.08. The number of hydrogen-bond donors (Lipinski definition) is 0. The van der Waals surface area contributed by atoms with Gasteiger partial charge in [-0.1, -0.05) is 12.8 Å². The molecule has 28 heavy (non-hydrogen) atoms. The number of ketones is 1. The SMILES string of the molecule is CCn1c(C)cc(C(=O)COC(=O)[C@H](C)N2C(=O)[C@H]3CCCC[C@@H]3C2=O)c1C. The largest absolute Gasteiger partial charge is 0.456 e. The molecule has 2 fully saturated rings. The molecule has 0 radical (unpaired) electrons. The number of aryl methyl sites for hydroxylation is 1. The standard InChI is InChI=1S/C21H28N2O5/c1-5-22-12(2)10-17(13(22)3)18(24)11-28-21(27)14(4)23-19(25)15-8-6-7-9-16(15)20(23)26/h10,14-16H,5-9,11H2,1-4H3/t14-,15-,16-/m0/s1. The maximum atomic E-state index is 12.6. The number of amides is 2. The molecule has 0 unspecified atom stereocenters. The van der Waals surface area contributed by atoms with Gasteiger partial charge in [-0.05, 0) is 46.6 Å². The van der Waals surface area contributed by atoms with Gasteiger partial charge in [0.05, 0.1) is 11.8 Å². The second-order valence-electron chi connectivity index (χ2n) is 7.78. The molecule has 0 aromatic carbocycles. The molecule has 7 heteroatoms. The molecule has 3 atom stereocenters. The number of ether oxygens (including phenoxy) is 1. The molecule has 2 amide bonds. The van der Waals surface area contributed by atoms with Gasteiger partial charge < -0.3 is 9.30 Å².